The molecular formula is C28H24. The highest BCUT2D eigenvalue weighted by Gasteiger charge is 2.32. The Bertz CT molecular complexity index is 1290. The van der Waals surface area contributed by atoms with E-state index < -0.39 is 0 Å². The minimum Gasteiger partial charge on any atom is -0.0619 e. The fraction of sp³-hybridized carbons (Fsp3) is 0.214. The van der Waals surface area contributed by atoms with E-state index in [0.717, 1.165) is 12.8 Å². The lowest BCUT2D eigenvalue weighted by atomic mass is 9.88. The molecule has 2 aliphatic carbocycles. The normalized spacial score (nSPS) is 13.6. The van der Waals surface area contributed by atoms with Gasteiger partial charge in [-0.3, -0.25) is 0 Å². The van der Waals surface area contributed by atoms with E-state index in [1.807, 2.05) is 0 Å². The van der Waals surface area contributed by atoms with Crippen LogP contribution in [0.1, 0.15) is 53.1 Å². The van der Waals surface area contributed by atoms with Gasteiger partial charge in [0, 0.05) is 0 Å². The molecule has 0 saturated heterocycles. The molecule has 2 aliphatic rings. The highest BCUT2D eigenvalue weighted by molar-refractivity contribution is 6.11. The van der Waals surface area contributed by atoms with Gasteiger partial charge < -0.3 is 0 Å². The fourth-order valence-electron chi connectivity index (χ4n) is 5.85. The Kier molecular flexibility index (Phi) is 3.21. The van der Waals surface area contributed by atoms with Crippen molar-refractivity contribution >= 4 is 10.8 Å². The van der Waals surface area contributed by atoms with Gasteiger partial charge in [-0.05, 0) is 92.1 Å². The van der Waals surface area contributed by atoms with E-state index in [1.165, 1.54) is 44.2 Å². The second kappa shape index (κ2) is 5.58. The van der Waals surface area contributed by atoms with Crippen molar-refractivity contribution in [3.63, 3.8) is 0 Å². The Balaban J connectivity index is 1.75. The molecule has 0 nitrogen and oxygen atoms in total. The number of hydrogen-bond donors (Lipinski definition) is 0. The van der Waals surface area contributed by atoms with Crippen molar-refractivity contribution in [1.82, 2.24) is 0 Å². The molecule has 0 atom stereocenters. The highest BCUT2D eigenvalue weighted by Crippen LogP contribution is 2.52. The van der Waals surface area contributed by atoms with E-state index in [4.69, 9.17) is 0 Å². The first-order valence-corrected chi connectivity index (χ1v) is 10.4. The standard InChI is InChI=1S/C28H24/c1-16(2)26-17(3)12-13-22-24(26)15-25-23-14-18-8-4-5-9-19(18)27(23)20-10-6-7-11-21(20)28(22)25/h4-13,16H,14-15H2,1-3H3. The SMILES string of the molecule is Cc1ccc2c(c1C(C)C)Cc1c3c(c4ccccc4c1-2)-c1ccccc1C3. The van der Waals surface area contributed by atoms with Crippen LogP contribution in [-0.2, 0) is 12.8 Å². The summed E-state index contributed by atoms with van der Waals surface area (Å²) in [5.74, 6) is 0.556. The van der Waals surface area contributed by atoms with Gasteiger partial charge in [0.2, 0.25) is 0 Å². The van der Waals surface area contributed by atoms with Gasteiger partial charge in [0.25, 0.3) is 0 Å². The van der Waals surface area contributed by atoms with Gasteiger partial charge in [-0.15, -0.1) is 0 Å². The van der Waals surface area contributed by atoms with E-state index in [9.17, 15) is 0 Å². The molecule has 0 aliphatic heterocycles. The number of benzene rings is 4. The topological polar surface area (TPSA) is 0 Å². The number of rotatable bonds is 1. The van der Waals surface area contributed by atoms with Gasteiger partial charge in [0.15, 0.2) is 0 Å². The zero-order chi connectivity index (χ0) is 19.0. The largest absolute Gasteiger partial charge is 0.0619 e. The Morgan fingerprint density at radius 3 is 2.04 bits per heavy atom. The number of aryl methyl sites for hydroxylation is 1. The summed E-state index contributed by atoms with van der Waals surface area (Å²) in [7, 11) is 0. The second-order valence-electron chi connectivity index (χ2n) is 8.74. The molecule has 28 heavy (non-hydrogen) atoms. The maximum absolute atomic E-state index is 2.38. The minimum atomic E-state index is 0.556. The van der Waals surface area contributed by atoms with Gasteiger partial charge in [0.1, 0.15) is 0 Å². The molecule has 4 aromatic carbocycles. The molecular weight excluding hydrogens is 336 g/mol. The lowest BCUT2D eigenvalue weighted by molar-refractivity contribution is 0.842. The van der Waals surface area contributed by atoms with Crippen molar-refractivity contribution in [2.75, 3.05) is 0 Å². The molecule has 0 N–H and O–H groups in total. The van der Waals surface area contributed by atoms with Crippen LogP contribution in [0.15, 0.2) is 60.7 Å². The van der Waals surface area contributed by atoms with Crippen molar-refractivity contribution in [1.29, 1.82) is 0 Å². The molecule has 0 saturated carbocycles. The molecule has 0 unspecified atom stereocenters. The van der Waals surface area contributed by atoms with Gasteiger partial charge in [0.05, 0.1) is 0 Å². The van der Waals surface area contributed by atoms with Gasteiger partial charge in [-0.1, -0.05) is 74.5 Å². The van der Waals surface area contributed by atoms with Crippen LogP contribution in [0.25, 0.3) is 33.0 Å². The fourth-order valence-corrected chi connectivity index (χ4v) is 5.85. The van der Waals surface area contributed by atoms with E-state index >= 15 is 0 Å². The van der Waals surface area contributed by atoms with Gasteiger partial charge in [-0.2, -0.15) is 0 Å². The van der Waals surface area contributed by atoms with Crippen LogP contribution in [0.3, 0.4) is 0 Å². The zero-order valence-electron chi connectivity index (χ0n) is 16.8. The number of fused-ring (bicyclic) bond motifs is 10. The summed E-state index contributed by atoms with van der Waals surface area (Å²) in [4.78, 5) is 0. The first-order chi connectivity index (χ1) is 13.6. The van der Waals surface area contributed by atoms with Crippen LogP contribution in [0.4, 0.5) is 0 Å². The third-order valence-electron chi connectivity index (χ3n) is 6.86. The maximum Gasteiger partial charge on any atom is -0.000721 e. The quantitative estimate of drug-likeness (QED) is 0.286. The van der Waals surface area contributed by atoms with Gasteiger partial charge in [-0.25, -0.2) is 0 Å². The average Bonchev–Trinajstić information content (AvgIpc) is 3.26. The predicted octanol–water partition coefficient (Wildman–Crippen LogP) is 7.41. The van der Waals surface area contributed by atoms with Crippen LogP contribution in [0, 0.1) is 6.92 Å². The summed E-state index contributed by atoms with van der Waals surface area (Å²) >= 11 is 0. The summed E-state index contributed by atoms with van der Waals surface area (Å²) in [6.45, 7) is 6.95. The summed E-state index contributed by atoms with van der Waals surface area (Å²) < 4.78 is 0. The summed E-state index contributed by atoms with van der Waals surface area (Å²) in [6, 6.07) is 22.8. The van der Waals surface area contributed by atoms with Crippen LogP contribution in [0.5, 0.6) is 0 Å². The first-order valence-electron chi connectivity index (χ1n) is 10.4. The molecule has 0 spiro atoms. The van der Waals surface area contributed by atoms with Crippen molar-refractivity contribution in [3.8, 4) is 22.3 Å². The van der Waals surface area contributed by atoms with Crippen LogP contribution in [0.2, 0.25) is 0 Å². The van der Waals surface area contributed by atoms with Crippen molar-refractivity contribution in [2.45, 2.75) is 39.5 Å². The lowest BCUT2D eigenvalue weighted by Gasteiger charge is -2.16. The molecule has 0 heterocycles. The summed E-state index contributed by atoms with van der Waals surface area (Å²) in [5.41, 5.74) is 15.1. The Morgan fingerprint density at radius 1 is 0.643 bits per heavy atom. The third-order valence-corrected chi connectivity index (χ3v) is 6.86. The van der Waals surface area contributed by atoms with E-state index in [-0.39, 0.29) is 0 Å². The maximum atomic E-state index is 2.38. The lowest BCUT2D eigenvalue weighted by Crippen LogP contribution is -1.99. The third kappa shape index (κ3) is 1.96. The van der Waals surface area contributed by atoms with Crippen LogP contribution in [-0.4, -0.2) is 0 Å². The molecule has 0 amide bonds. The predicted molar refractivity (Wildman–Crippen MR) is 119 cm³/mol. The van der Waals surface area contributed by atoms with Crippen molar-refractivity contribution < 1.29 is 0 Å². The van der Waals surface area contributed by atoms with E-state index in [0.29, 0.717) is 5.92 Å². The molecule has 0 aromatic heterocycles. The highest BCUT2D eigenvalue weighted by atomic mass is 14.4. The number of hydrogen-bond acceptors (Lipinski definition) is 0. The Morgan fingerprint density at radius 2 is 1.29 bits per heavy atom. The molecule has 0 heteroatoms. The monoisotopic (exact) mass is 360 g/mol. The van der Waals surface area contributed by atoms with Crippen LogP contribution < -0.4 is 0 Å². The molecule has 0 radical (unpaired) electrons. The molecule has 0 bridgehead atoms. The minimum absolute atomic E-state index is 0.556. The van der Waals surface area contributed by atoms with Gasteiger partial charge >= 0.3 is 0 Å². The molecule has 0 fully saturated rings. The summed E-state index contributed by atoms with van der Waals surface area (Å²) in [5, 5.41) is 2.84. The van der Waals surface area contributed by atoms with E-state index in [1.54, 1.807) is 22.3 Å². The van der Waals surface area contributed by atoms with Crippen molar-refractivity contribution in [2.24, 2.45) is 0 Å². The second-order valence-corrected chi connectivity index (χ2v) is 8.74. The Hall–Kier alpha value is -2.86. The smallest absolute Gasteiger partial charge is 0.000721 e. The van der Waals surface area contributed by atoms with Crippen molar-refractivity contribution in [3.05, 3.63) is 94.0 Å². The Labute approximate surface area is 166 Å². The zero-order valence-corrected chi connectivity index (χ0v) is 16.8. The van der Waals surface area contributed by atoms with E-state index in [2.05, 4.69) is 81.4 Å². The van der Waals surface area contributed by atoms with Crippen LogP contribution >= 0.6 is 0 Å². The molecule has 136 valence electrons. The molecule has 4 aromatic rings. The average molecular weight is 361 g/mol. The summed E-state index contributed by atoms with van der Waals surface area (Å²) in [6.07, 6.45) is 2.16. The molecule has 6 rings (SSSR count). The first kappa shape index (κ1) is 16.1.